The van der Waals surface area contributed by atoms with Crippen LogP contribution in [0.5, 0.6) is 0 Å². The van der Waals surface area contributed by atoms with Gasteiger partial charge in [-0.15, -0.1) is 5.10 Å². The molecule has 0 aromatic carbocycles. The van der Waals surface area contributed by atoms with Crippen molar-refractivity contribution in [2.24, 2.45) is 5.92 Å². The number of H-pyrrole nitrogens is 1. The first-order chi connectivity index (χ1) is 9.51. The van der Waals surface area contributed by atoms with Gasteiger partial charge in [0.05, 0.1) is 19.4 Å². The predicted octanol–water partition coefficient (Wildman–Crippen LogP) is -0.652. The first-order valence-electron chi connectivity index (χ1n) is 6.02. The largest absolute Gasteiger partial charge is 0.481 e. The second-order valence-corrected chi connectivity index (χ2v) is 4.40. The van der Waals surface area contributed by atoms with Crippen molar-refractivity contribution >= 4 is 23.8 Å². The van der Waals surface area contributed by atoms with E-state index >= 15 is 0 Å². The second-order valence-electron chi connectivity index (χ2n) is 4.40. The lowest BCUT2D eigenvalue weighted by molar-refractivity contribution is -0.145. The van der Waals surface area contributed by atoms with E-state index in [4.69, 9.17) is 5.11 Å². The van der Waals surface area contributed by atoms with E-state index in [0.717, 1.165) is 0 Å². The van der Waals surface area contributed by atoms with Gasteiger partial charge in [0.1, 0.15) is 5.82 Å². The Morgan fingerprint density at radius 1 is 1.55 bits per heavy atom. The zero-order chi connectivity index (χ0) is 14.7. The molecule has 1 unspecified atom stereocenters. The quantitative estimate of drug-likeness (QED) is 0.687. The number of rotatable bonds is 5. The van der Waals surface area contributed by atoms with Gasteiger partial charge in [-0.25, -0.2) is 0 Å². The Morgan fingerprint density at radius 3 is 2.95 bits per heavy atom. The van der Waals surface area contributed by atoms with Crippen molar-refractivity contribution in [3.63, 3.8) is 0 Å². The Balaban J connectivity index is 2.03. The lowest BCUT2D eigenvalue weighted by atomic mass is 10.1. The van der Waals surface area contributed by atoms with Crippen molar-refractivity contribution in [1.82, 2.24) is 15.2 Å². The number of methoxy groups -OCH3 is 1. The normalized spacial score (nSPS) is 18.4. The second kappa shape index (κ2) is 5.68. The number of hydrogen-bond acceptors (Lipinski definition) is 6. The maximum Gasteiger partial charge on any atom is 0.311 e. The van der Waals surface area contributed by atoms with Crippen LogP contribution in [0.1, 0.15) is 18.7 Å². The van der Waals surface area contributed by atoms with Gasteiger partial charge in [0.2, 0.25) is 5.91 Å². The van der Waals surface area contributed by atoms with E-state index in [1.54, 1.807) is 0 Å². The van der Waals surface area contributed by atoms with E-state index in [1.807, 2.05) is 0 Å². The highest BCUT2D eigenvalue weighted by Crippen LogP contribution is 2.23. The van der Waals surface area contributed by atoms with Crippen LogP contribution in [0.2, 0.25) is 0 Å². The summed E-state index contributed by atoms with van der Waals surface area (Å²) in [5.74, 6) is -1.62. The SMILES string of the molecule is COC(=O)C1CC(=O)N(c2n[nH]c(CCC(=O)O)n2)C1. The van der Waals surface area contributed by atoms with E-state index in [-0.39, 0.29) is 37.7 Å². The van der Waals surface area contributed by atoms with E-state index in [9.17, 15) is 14.4 Å². The maximum absolute atomic E-state index is 11.8. The van der Waals surface area contributed by atoms with Gasteiger partial charge >= 0.3 is 11.9 Å². The number of carbonyl (C=O) groups excluding carboxylic acids is 2. The number of aliphatic carboxylic acids is 1. The Bertz CT molecular complexity index is 541. The lowest BCUT2D eigenvalue weighted by Crippen LogP contribution is -2.27. The minimum atomic E-state index is -0.939. The van der Waals surface area contributed by atoms with Gasteiger partial charge in [0.15, 0.2) is 0 Å². The summed E-state index contributed by atoms with van der Waals surface area (Å²) >= 11 is 0. The highest BCUT2D eigenvalue weighted by Gasteiger charge is 2.37. The molecule has 2 rings (SSSR count). The first-order valence-corrected chi connectivity index (χ1v) is 6.02. The standard InChI is InChI=1S/C11H14N4O5/c1-20-10(19)6-4-8(16)15(5-6)11-12-7(13-14-11)2-3-9(17)18/h6H,2-5H2,1H3,(H,17,18)(H,12,13,14). The molecule has 2 N–H and O–H groups in total. The summed E-state index contributed by atoms with van der Waals surface area (Å²) in [6, 6.07) is 0. The molecule has 1 fully saturated rings. The number of hydrogen-bond donors (Lipinski definition) is 2. The number of amides is 1. The van der Waals surface area contributed by atoms with Crippen LogP contribution in [0.3, 0.4) is 0 Å². The third-order valence-corrected chi connectivity index (χ3v) is 3.00. The molecule has 1 aliphatic heterocycles. The molecule has 1 amide bonds. The summed E-state index contributed by atoms with van der Waals surface area (Å²) in [6.07, 6.45) is 0.184. The highest BCUT2D eigenvalue weighted by atomic mass is 16.5. The number of nitrogens with zero attached hydrogens (tertiary/aromatic N) is 3. The Labute approximate surface area is 113 Å². The van der Waals surface area contributed by atoms with Crippen molar-refractivity contribution in [3.8, 4) is 0 Å². The monoisotopic (exact) mass is 282 g/mol. The molecule has 0 radical (unpaired) electrons. The van der Waals surface area contributed by atoms with Crippen molar-refractivity contribution in [2.45, 2.75) is 19.3 Å². The highest BCUT2D eigenvalue weighted by molar-refractivity contribution is 5.98. The zero-order valence-electron chi connectivity index (χ0n) is 10.8. The van der Waals surface area contributed by atoms with Crippen LogP contribution >= 0.6 is 0 Å². The molecule has 2 heterocycles. The molecule has 0 aliphatic carbocycles. The third-order valence-electron chi connectivity index (χ3n) is 3.00. The number of aromatic amines is 1. The van der Waals surface area contributed by atoms with Crippen molar-refractivity contribution in [3.05, 3.63) is 5.82 Å². The number of aromatic nitrogens is 3. The fourth-order valence-electron chi connectivity index (χ4n) is 1.97. The topological polar surface area (TPSA) is 125 Å². The zero-order valence-corrected chi connectivity index (χ0v) is 10.8. The summed E-state index contributed by atoms with van der Waals surface area (Å²) in [6.45, 7) is 0.168. The summed E-state index contributed by atoms with van der Waals surface area (Å²) in [5.41, 5.74) is 0. The van der Waals surface area contributed by atoms with Gasteiger partial charge in [-0.1, -0.05) is 0 Å². The van der Waals surface area contributed by atoms with Crippen LogP contribution in [0.25, 0.3) is 0 Å². The van der Waals surface area contributed by atoms with Crippen LogP contribution in [-0.4, -0.2) is 51.8 Å². The summed E-state index contributed by atoms with van der Waals surface area (Å²) < 4.78 is 4.61. The molecule has 1 atom stereocenters. The minimum absolute atomic E-state index is 0.0612. The smallest absolute Gasteiger partial charge is 0.311 e. The average molecular weight is 282 g/mol. The van der Waals surface area contributed by atoms with E-state index in [0.29, 0.717) is 5.82 Å². The molecule has 1 aromatic rings. The molecule has 9 nitrogen and oxygen atoms in total. The van der Waals surface area contributed by atoms with E-state index in [1.165, 1.54) is 12.0 Å². The fraction of sp³-hybridized carbons (Fsp3) is 0.545. The Morgan fingerprint density at radius 2 is 2.30 bits per heavy atom. The molecule has 0 bridgehead atoms. The number of carboxylic acid groups (broad SMARTS) is 1. The summed E-state index contributed by atoms with van der Waals surface area (Å²) in [7, 11) is 1.27. The summed E-state index contributed by atoms with van der Waals surface area (Å²) in [4.78, 5) is 39.0. The van der Waals surface area contributed by atoms with E-state index < -0.39 is 17.9 Å². The Kier molecular flexibility index (Phi) is 3.97. The fourth-order valence-corrected chi connectivity index (χ4v) is 1.97. The van der Waals surface area contributed by atoms with Crippen LogP contribution in [0, 0.1) is 5.92 Å². The van der Waals surface area contributed by atoms with Gasteiger partial charge < -0.3 is 9.84 Å². The van der Waals surface area contributed by atoms with Gasteiger partial charge in [-0.3, -0.25) is 24.4 Å². The van der Waals surface area contributed by atoms with Gasteiger partial charge in [0, 0.05) is 19.4 Å². The van der Waals surface area contributed by atoms with Crippen LogP contribution in [0.15, 0.2) is 0 Å². The average Bonchev–Trinajstić information content (AvgIpc) is 3.01. The van der Waals surface area contributed by atoms with Crippen molar-refractivity contribution in [2.75, 3.05) is 18.6 Å². The number of anilines is 1. The third kappa shape index (κ3) is 2.92. The maximum atomic E-state index is 11.8. The van der Waals surface area contributed by atoms with Crippen molar-refractivity contribution < 1.29 is 24.2 Å². The van der Waals surface area contributed by atoms with Crippen LogP contribution in [0.4, 0.5) is 5.95 Å². The number of carbonyl (C=O) groups is 3. The van der Waals surface area contributed by atoms with Crippen LogP contribution < -0.4 is 4.90 Å². The number of nitrogens with one attached hydrogen (secondary N) is 1. The summed E-state index contributed by atoms with van der Waals surface area (Å²) in [5, 5.41) is 15.0. The molecule has 1 aliphatic rings. The molecule has 9 heteroatoms. The molecular formula is C11H14N4O5. The molecule has 0 spiro atoms. The van der Waals surface area contributed by atoms with Crippen molar-refractivity contribution in [1.29, 1.82) is 0 Å². The van der Waals surface area contributed by atoms with Crippen LogP contribution in [-0.2, 0) is 25.5 Å². The molecule has 20 heavy (non-hydrogen) atoms. The number of carboxylic acids is 1. The van der Waals surface area contributed by atoms with Gasteiger partial charge in [-0.05, 0) is 0 Å². The van der Waals surface area contributed by atoms with Gasteiger partial charge in [0.25, 0.3) is 5.95 Å². The van der Waals surface area contributed by atoms with Gasteiger partial charge in [-0.2, -0.15) is 4.98 Å². The van der Waals surface area contributed by atoms with E-state index in [2.05, 4.69) is 19.9 Å². The molecule has 0 saturated carbocycles. The minimum Gasteiger partial charge on any atom is -0.481 e. The Hall–Kier alpha value is -2.45. The lowest BCUT2D eigenvalue weighted by Gasteiger charge is -2.10. The molecule has 108 valence electrons. The number of ether oxygens (including phenoxy) is 1. The number of aryl methyl sites for hydroxylation is 1. The number of esters is 1. The molecule has 1 saturated heterocycles. The predicted molar refractivity (Wildman–Crippen MR) is 64.8 cm³/mol. The molecular weight excluding hydrogens is 268 g/mol. The molecule has 1 aromatic heterocycles. The first kappa shape index (κ1) is 14.0.